The number of amides is 3. The van der Waals surface area contributed by atoms with Crippen LogP contribution >= 0.6 is 0 Å². The number of hydrogen-bond acceptors (Lipinski definition) is 4. The average molecular weight is 379 g/mol. The minimum absolute atomic E-state index is 0.0514. The van der Waals surface area contributed by atoms with Crippen molar-refractivity contribution in [2.24, 2.45) is 5.92 Å². The highest BCUT2D eigenvalue weighted by Gasteiger charge is 2.28. The van der Waals surface area contributed by atoms with Crippen LogP contribution in [0.1, 0.15) is 57.8 Å². The van der Waals surface area contributed by atoms with Crippen molar-refractivity contribution in [3.63, 3.8) is 0 Å². The van der Waals surface area contributed by atoms with E-state index >= 15 is 0 Å². The van der Waals surface area contributed by atoms with E-state index in [0.29, 0.717) is 32.0 Å². The van der Waals surface area contributed by atoms with Gasteiger partial charge in [0.2, 0.25) is 17.7 Å². The molecule has 0 aromatic rings. The number of rotatable bonds is 5. The predicted molar refractivity (Wildman–Crippen MR) is 103 cm³/mol. The molecule has 7 nitrogen and oxygen atoms in total. The number of likely N-dealkylation sites (tertiary alicyclic amines) is 2. The molecule has 0 spiro atoms. The van der Waals surface area contributed by atoms with Crippen LogP contribution in [0.2, 0.25) is 0 Å². The van der Waals surface area contributed by atoms with E-state index in [2.05, 4.69) is 10.6 Å². The largest absolute Gasteiger partial charge is 0.354 e. The molecule has 0 aromatic heterocycles. The topological polar surface area (TPSA) is 81.8 Å². The molecule has 3 saturated heterocycles. The summed E-state index contributed by atoms with van der Waals surface area (Å²) in [5.41, 5.74) is 0. The maximum atomic E-state index is 12.7. The number of carbonyl (C=O) groups excluding carboxylic acids is 3. The average Bonchev–Trinajstić information content (AvgIpc) is 3.21. The van der Waals surface area contributed by atoms with Crippen LogP contribution in [0.3, 0.4) is 0 Å². The molecule has 2 unspecified atom stereocenters. The first-order chi connectivity index (χ1) is 13.1. The van der Waals surface area contributed by atoms with E-state index in [0.717, 1.165) is 64.5 Å². The summed E-state index contributed by atoms with van der Waals surface area (Å²) in [4.78, 5) is 40.8. The summed E-state index contributed by atoms with van der Waals surface area (Å²) in [5, 5.41) is 6.27. The van der Waals surface area contributed by atoms with Crippen molar-refractivity contribution >= 4 is 17.7 Å². The third kappa shape index (κ3) is 5.92. The highest BCUT2D eigenvalue weighted by Crippen LogP contribution is 2.18. The van der Waals surface area contributed by atoms with Crippen LogP contribution in [0, 0.1) is 5.92 Å². The van der Waals surface area contributed by atoms with Crippen molar-refractivity contribution in [1.82, 2.24) is 20.4 Å². The first-order valence-electron chi connectivity index (χ1n) is 10.7. The Balaban J connectivity index is 1.44. The Morgan fingerprint density at radius 2 is 1.89 bits per heavy atom. The maximum absolute atomic E-state index is 12.7. The lowest BCUT2D eigenvalue weighted by Crippen LogP contribution is -2.49. The van der Waals surface area contributed by atoms with Crippen LogP contribution < -0.4 is 10.6 Å². The molecule has 3 aliphatic heterocycles. The molecule has 0 saturated carbocycles. The second-order valence-corrected chi connectivity index (χ2v) is 8.22. The Hall–Kier alpha value is -1.63. The lowest BCUT2D eigenvalue weighted by Gasteiger charge is -2.35. The zero-order valence-electron chi connectivity index (χ0n) is 16.4. The van der Waals surface area contributed by atoms with E-state index in [1.165, 1.54) is 0 Å². The van der Waals surface area contributed by atoms with Crippen molar-refractivity contribution < 1.29 is 14.4 Å². The minimum Gasteiger partial charge on any atom is -0.354 e. The molecule has 2 N–H and O–H groups in total. The summed E-state index contributed by atoms with van der Waals surface area (Å²) >= 11 is 0. The monoisotopic (exact) mass is 378 g/mol. The Morgan fingerprint density at radius 3 is 2.70 bits per heavy atom. The zero-order valence-corrected chi connectivity index (χ0v) is 16.4. The number of nitrogens with one attached hydrogen (secondary N) is 2. The van der Waals surface area contributed by atoms with E-state index in [1.54, 1.807) is 4.90 Å². The molecule has 27 heavy (non-hydrogen) atoms. The van der Waals surface area contributed by atoms with E-state index in [9.17, 15) is 14.4 Å². The fourth-order valence-corrected chi connectivity index (χ4v) is 4.38. The summed E-state index contributed by atoms with van der Waals surface area (Å²) in [7, 11) is 0. The fourth-order valence-electron chi connectivity index (χ4n) is 4.38. The Labute approximate surface area is 162 Å². The zero-order chi connectivity index (χ0) is 19.1. The molecule has 0 bridgehead atoms. The van der Waals surface area contributed by atoms with Crippen molar-refractivity contribution in [2.45, 2.75) is 63.8 Å². The van der Waals surface area contributed by atoms with Crippen molar-refractivity contribution in [2.75, 3.05) is 39.3 Å². The summed E-state index contributed by atoms with van der Waals surface area (Å²) < 4.78 is 0. The first kappa shape index (κ1) is 20.1. The molecule has 0 radical (unpaired) electrons. The summed E-state index contributed by atoms with van der Waals surface area (Å²) in [6.07, 6.45) is 8.70. The molecule has 0 aromatic carbocycles. The third-order valence-corrected chi connectivity index (χ3v) is 6.06. The smallest absolute Gasteiger partial charge is 0.242 e. The van der Waals surface area contributed by atoms with Gasteiger partial charge in [-0.2, -0.15) is 0 Å². The van der Waals surface area contributed by atoms with Gasteiger partial charge in [-0.1, -0.05) is 12.8 Å². The van der Waals surface area contributed by atoms with Crippen LogP contribution in [0.25, 0.3) is 0 Å². The quantitative estimate of drug-likeness (QED) is 0.744. The van der Waals surface area contributed by atoms with Gasteiger partial charge in [0, 0.05) is 32.6 Å². The summed E-state index contributed by atoms with van der Waals surface area (Å²) in [5.74, 6) is 0.559. The van der Waals surface area contributed by atoms with Crippen molar-refractivity contribution in [3.8, 4) is 0 Å². The van der Waals surface area contributed by atoms with Gasteiger partial charge in [-0.3, -0.25) is 14.4 Å². The molecule has 3 rings (SSSR count). The van der Waals surface area contributed by atoms with Gasteiger partial charge in [-0.25, -0.2) is 0 Å². The van der Waals surface area contributed by atoms with E-state index < -0.39 is 0 Å². The maximum Gasteiger partial charge on any atom is 0.242 e. The molecule has 3 heterocycles. The molecule has 3 aliphatic rings. The lowest BCUT2D eigenvalue weighted by molar-refractivity contribution is -0.142. The molecular weight excluding hydrogens is 344 g/mol. The van der Waals surface area contributed by atoms with Gasteiger partial charge in [0.25, 0.3) is 0 Å². The van der Waals surface area contributed by atoms with E-state index in [-0.39, 0.29) is 30.3 Å². The Kier molecular flexibility index (Phi) is 7.50. The number of carbonyl (C=O) groups is 3. The van der Waals surface area contributed by atoms with Gasteiger partial charge < -0.3 is 20.4 Å². The molecule has 152 valence electrons. The second kappa shape index (κ2) is 10.1. The number of hydrogen-bond donors (Lipinski definition) is 2. The minimum atomic E-state index is -0.0514. The van der Waals surface area contributed by atoms with Crippen LogP contribution in [0.15, 0.2) is 0 Å². The van der Waals surface area contributed by atoms with Gasteiger partial charge in [0.1, 0.15) is 0 Å². The molecule has 7 heteroatoms. The molecule has 0 aliphatic carbocycles. The van der Waals surface area contributed by atoms with E-state index in [4.69, 9.17) is 0 Å². The van der Waals surface area contributed by atoms with Gasteiger partial charge >= 0.3 is 0 Å². The predicted octanol–water partition coefficient (Wildman–Crippen LogP) is 0.886. The van der Waals surface area contributed by atoms with Crippen LogP contribution in [-0.2, 0) is 14.4 Å². The normalized spacial score (nSPS) is 27.2. The van der Waals surface area contributed by atoms with Crippen molar-refractivity contribution in [3.05, 3.63) is 0 Å². The first-order valence-corrected chi connectivity index (χ1v) is 10.7. The molecular formula is C20H34N4O3. The second-order valence-electron chi connectivity index (χ2n) is 8.22. The van der Waals surface area contributed by atoms with Gasteiger partial charge in [0.05, 0.1) is 12.6 Å². The molecule has 3 fully saturated rings. The third-order valence-electron chi connectivity index (χ3n) is 6.06. The van der Waals surface area contributed by atoms with Gasteiger partial charge in [-0.05, 0) is 51.0 Å². The van der Waals surface area contributed by atoms with Crippen molar-refractivity contribution in [1.29, 1.82) is 0 Å². The lowest BCUT2D eigenvalue weighted by atomic mass is 9.97. The highest BCUT2D eigenvalue weighted by molar-refractivity contribution is 5.85. The van der Waals surface area contributed by atoms with Gasteiger partial charge in [0.15, 0.2) is 0 Å². The molecule has 2 atom stereocenters. The summed E-state index contributed by atoms with van der Waals surface area (Å²) in [6, 6.07) is -0.0514. The Morgan fingerprint density at radius 1 is 1.04 bits per heavy atom. The standard InChI is InChI=1S/C20H34N4O3/c25-18-9-3-1-2-4-11-24(18)15-19(26)23-12-6-7-16(14-23)13-22-20(27)17-8-5-10-21-17/h16-17,21H,1-15H2,(H,22,27). The van der Waals surface area contributed by atoms with Crippen LogP contribution in [-0.4, -0.2) is 72.8 Å². The SMILES string of the molecule is O=C(NCC1CCCN(C(=O)CN2CCCCCCC2=O)C1)C1CCCN1. The molecule has 3 amide bonds. The van der Waals surface area contributed by atoms with Crippen LogP contribution in [0.5, 0.6) is 0 Å². The number of piperidine rings is 1. The number of nitrogens with zero attached hydrogens (tertiary/aromatic N) is 2. The van der Waals surface area contributed by atoms with E-state index in [1.807, 2.05) is 4.90 Å². The summed E-state index contributed by atoms with van der Waals surface area (Å²) in [6.45, 7) is 3.90. The van der Waals surface area contributed by atoms with Gasteiger partial charge in [-0.15, -0.1) is 0 Å². The Bertz CT molecular complexity index is 533. The van der Waals surface area contributed by atoms with Crippen LogP contribution in [0.4, 0.5) is 0 Å². The highest BCUT2D eigenvalue weighted by atomic mass is 16.2. The fraction of sp³-hybridized carbons (Fsp3) is 0.850.